The van der Waals surface area contributed by atoms with Gasteiger partial charge >= 0.3 is 0 Å². The van der Waals surface area contributed by atoms with Crippen molar-refractivity contribution in [2.24, 2.45) is 5.92 Å². The molecule has 0 saturated heterocycles. The van der Waals surface area contributed by atoms with Crippen molar-refractivity contribution in [3.63, 3.8) is 0 Å². The number of nitrogens with zero attached hydrogens (tertiary/aromatic N) is 4. The first-order valence-corrected chi connectivity index (χ1v) is 7.50. The van der Waals surface area contributed by atoms with E-state index in [4.69, 9.17) is 11.5 Å². The molecule has 6 nitrogen and oxygen atoms in total. The van der Waals surface area contributed by atoms with Crippen LogP contribution in [-0.4, -0.2) is 20.4 Å². The molecular weight excluding hydrogens is 268 g/mol. The lowest BCUT2D eigenvalue weighted by Gasteiger charge is -2.06. The average molecular weight is 282 g/mol. The highest BCUT2D eigenvalue weighted by Gasteiger charge is 2.29. The van der Waals surface area contributed by atoms with Gasteiger partial charge in [-0.15, -0.1) is 20.4 Å². The summed E-state index contributed by atoms with van der Waals surface area (Å²) in [6.07, 6.45) is 4.46. The fourth-order valence-electron chi connectivity index (χ4n) is 2.49. The highest BCUT2D eigenvalue weighted by molar-refractivity contribution is 7.15. The summed E-state index contributed by atoms with van der Waals surface area (Å²) in [7, 11) is 0. The highest BCUT2D eigenvalue weighted by atomic mass is 32.1. The van der Waals surface area contributed by atoms with Crippen LogP contribution in [0.2, 0.25) is 0 Å². The molecule has 18 heavy (non-hydrogen) atoms. The third-order valence-electron chi connectivity index (χ3n) is 3.29. The van der Waals surface area contributed by atoms with Gasteiger partial charge in [0.05, 0.1) is 0 Å². The largest absolute Gasteiger partial charge is 0.374 e. The molecular formula is C10H14N6S2. The summed E-state index contributed by atoms with van der Waals surface area (Å²) in [5, 5.41) is 19.2. The van der Waals surface area contributed by atoms with Crippen LogP contribution in [0, 0.1) is 5.92 Å². The molecule has 1 aliphatic rings. The first-order chi connectivity index (χ1) is 8.70. The lowest BCUT2D eigenvalue weighted by Crippen LogP contribution is -2.00. The van der Waals surface area contributed by atoms with E-state index in [1.54, 1.807) is 0 Å². The maximum atomic E-state index is 5.62. The van der Waals surface area contributed by atoms with Gasteiger partial charge in [0, 0.05) is 12.3 Å². The van der Waals surface area contributed by atoms with Gasteiger partial charge in [-0.1, -0.05) is 22.7 Å². The second kappa shape index (κ2) is 4.77. The van der Waals surface area contributed by atoms with E-state index in [9.17, 15) is 0 Å². The Morgan fingerprint density at radius 1 is 1.00 bits per heavy atom. The lowest BCUT2D eigenvalue weighted by molar-refractivity contribution is 0.531. The van der Waals surface area contributed by atoms with Crippen molar-refractivity contribution in [1.82, 2.24) is 20.4 Å². The zero-order chi connectivity index (χ0) is 12.5. The summed E-state index contributed by atoms with van der Waals surface area (Å²) in [6, 6.07) is 0. The molecule has 1 fully saturated rings. The maximum Gasteiger partial charge on any atom is 0.203 e. The smallest absolute Gasteiger partial charge is 0.203 e. The van der Waals surface area contributed by atoms with E-state index in [0.717, 1.165) is 29.3 Å². The van der Waals surface area contributed by atoms with Crippen molar-refractivity contribution in [2.45, 2.75) is 31.6 Å². The summed E-state index contributed by atoms with van der Waals surface area (Å²) >= 11 is 2.99. The number of nitrogens with two attached hydrogens (primary N) is 2. The van der Waals surface area contributed by atoms with E-state index in [-0.39, 0.29) is 0 Å². The molecule has 8 heteroatoms. The normalized spacial score (nSPS) is 23.6. The molecule has 1 unspecified atom stereocenters. The molecule has 2 aromatic rings. The Balaban J connectivity index is 1.61. The molecule has 3 rings (SSSR count). The minimum absolute atomic E-state index is 0.509. The Morgan fingerprint density at radius 2 is 1.78 bits per heavy atom. The summed E-state index contributed by atoms with van der Waals surface area (Å²) in [5.74, 6) is 1.16. The van der Waals surface area contributed by atoms with Crippen LogP contribution in [0.25, 0.3) is 0 Å². The first-order valence-electron chi connectivity index (χ1n) is 5.87. The number of nitrogen functional groups attached to an aromatic ring is 2. The third kappa shape index (κ3) is 2.44. The maximum absolute atomic E-state index is 5.62. The van der Waals surface area contributed by atoms with E-state index in [1.165, 1.54) is 29.1 Å². The summed E-state index contributed by atoms with van der Waals surface area (Å²) in [5.41, 5.74) is 11.2. The van der Waals surface area contributed by atoms with Crippen LogP contribution in [0.15, 0.2) is 0 Å². The summed E-state index contributed by atoms with van der Waals surface area (Å²) in [4.78, 5) is 0. The highest BCUT2D eigenvalue weighted by Crippen LogP contribution is 2.41. The van der Waals surface area contributed by atoms with E-state index in [0.29, 0.717) is 22.1 Å². The number of hydrogen-bond donors (Lipinski definition) is 2. The van der Waals surface area contributed by atoms with Crippen LogP contribution < -0.4 is 11.5 Å². The van der Waals surface area contributed by atoms with E-state index in [1.807, 2.05) is 0 Å². The van der Waals surface area contributed by atoms with Crippen LogP contribution in [0.3, 0.4) is 0 Å². The fraction of sp³-hybridized carbons (Fsp3) is 0.600. The van der Waals surface area contributed by atoms with Crippen molar-refractivity contribution in [3.05, 3.63) is 10.0 Å². The molecule has 0 radical (unpaired) electrons. The van der Waals surface area contributed by atoms with Crippen LogP contribution >= 0.6 is 22.7 Å². The molecule has 0 aliphatic heterocycles. The Bertz CT molecular complexity index is 536. The summed E-state index contributed by atoms with van der Waals surface area (Å²) < 4.78 is 0. The predicted molar refractivity (Wildman–Crippen MR) is 72.4 cm³/mol. The lowest BCUT2D eigenvalue weighted by atomic mass is 10.0. The van der Waals surface area contributed by atoms with Crippen molar-refractivity contribution in [2.75, 3.05) is 11.5 Å². The molecule has 4 N–H and O–H groups in total. The van der Waals surface area contributed by atoms with E-state index >= 15 is 0 Å². The molecule has 2 aromatic heterocycles. The molecule has 0 bridgehead atoms. The molecule has 1 saturated carbocycles. The standard InChI is InChI=1S/C10H14N6S2/c11-9-15-13-7(17-9)4-5-1-2-6(3-5)8-14-16-10(12)18-8/h5-6H,1-4H2,(H2,11,15)(H2,12,16)/t5?,6-/m0/s1. The quantitative estimate of drug-likeness (QED) is 0.887. The molecule has 0 spiro atoms. The minimum Gasteiger partial charge on any atom is -0.374 e. The first kappa shape index (κ1) is 11.8. The van der Waals surface area contributed by atoms with Gasteiger partial charge in [0.2, 0.25) is 10.3 Å². The van der Waals surface area contributed by atoms with Gasteiger partial charge in [0.1, 0.15) is 10.0 Å². The van der Waals surface area contributed by atoms with E-state index < -0.39 is 0 Å². The zero-order valence-corrected chi connectivity index (χ0v) is 11.4. The molecule has 0 aromatic carbocycles. The van der Waals surface area contributed by atoms with Gasteiger partial charge in [-0.3, -0.25) is 0 Å². The summed E-state index contributed by atoms with van der Waals surface area (Å²) in [6.45, 7) is 0. The van der Waals surface area contributed by atoms with Gasteiger partial charge in [-0.05, 0) is 25.2 Å². The van der Waals surface area contributed by atoms with Crippen LogP contribution in [0.4, 0.5) is 10.3 Å². The minimum atomic E-state index is 0.509. The predicted octanol–water partition coefficient (Wildman–Crippen LogP) is 1.68. The van der Waals surface area contributed by atoms with Gasteiger partial charge in [0.25, 0.3) is 0 Å². The van der Waals surface area contributed by atoms with Gasteiger partial charge in [-0.2, -0.15) is 0 Å². The molecule has 1 aliphatic carbocycles. The SMILES string of the molecule is Nc1nnc(CC2CC[C@H](c3nnc(N)s3)C2)s1. The molecule has 96 valence electrons. The number of rotatable bonds is 3. The van der Waals surface area contributed by atoms with Crippen LogP contribution in [-0.2, 0) is 6.42 Å². The van der Waals surface area contributed by atoms with Crippen LogP contribution in [0.1, 0.15) is 35.2 Å². The Kier molecular flexibility index (Phi) is 3.13. The zero-order valence-electron chi connectivity index (χ0n) is 9.74. The van der Waals surface area contributed by atoms with Gasteiger partial charge in [0.15, 0.2) is 0 Å². The van der Waals surface area contributed by atoms with E-state index in [2.05, 4.69) is 20.4 Å². The average Bonchev–Trinajstić information content (AvgIpc) is 3.01. The molecule has 0 amide bonds. The number of hydrogen-bond acceptors (Lipinski definition) is 8. The Labute approximate surface area is 112 Å². The van der Waals surface area contributed by atoms with Crippen molar-refractivity contribution < 1.29 is 0 Å². The Hall–Kier alpha value is -1.28. The van der Waals surface area contributed by atoms with Crippen molar-refractivity contribution >= 4 is 32.9 Å². The second-order valence-electron chi connectivity index (χ2n) is 4.59. The molecule has 2 atom stereocenters. The van der Waals surface area contributed by atoms with Crippen LogP contribution in [0.5, 0.6) is 0 Å². The monoisotopic (exact) mass is 282 g/mol. The number of anilines is 2. The topological polar surface area (TPSA) is 104 Å². The molecule has 2 heterocycles. The van der Waals surface area contributed by atoms with Crippen molar-refractivity contribution in [3.8, 4) is 0 Å². The number of aromatic nitrogens is 4. The van der Waals surface area contributed by atoms with Gasteiger partial charge in [-0.25, -0.2) is 0 Å². The third-order valence-corrected chi connectivity index (χ3v) is 4.98. The second-order valence-corrected chi connectivity index (χ2v) is 6.73. The Morgan fingerprint density at radius 3 is 2.44 bits per heavy atom. The fourth-order valence-corrected chi connectivity index (χ4v) is 3.97. The van der Waals surface area contributed by atoms with Crippen molar-refractivity contribution in [1.29, 1.82) is 0 Å². The van der Waals surface area contributed by atoms with Gasteiger partial charge < -0.3 is 11.5 Å².